The average molecular weight is 238 g/mol. The summed E-state index contributed by atoms with van der Waals surface area (Å²) in [6, 6.07) is 0.661. The van der Waals surface area contributed by atoms with Crippen LogP contribution in [0.2, 0.25) is 0 Å². The van der Waals surface area contributed by atoms with Gasteiger partial charge in [-0.15, -0.1) is 5.10 Å². The summed E-state index contributed by atoms with van der Waals surface area (Å²) in [5.41, 5.74) is 0.130. The van der Waals surface area contributed by atoms with Gasteiger partial charge in [-0.1, -0.05) is 24.9 Å². The molecule has 1 fully saturated rings. The quantitative estimate of drug-likeness (QED) is 0.825. The Hall–Kier alpha value is -1.10. The normalized spacial score (nSPS) is 20.4. The zero-order valence-electron chi connectivity index (χ0n) is 10.9. The summed E-state index contributed by atoms with van der Waals surface area (Å²) in [4.78, 5) is 0. The molecule has 0 spiro atoms. The fraction of sp³-hybridized carbons (Fsp3) is 0.833. The van der Waals surface area contributed by atoms with Crippen LogP contribution in [0, 0.1) is 0 Å². The number of nitrogens with zero attached hydrogens (tertiary/aromatic N) is 2. The second-order valence-corrected chi connectivity index (χ2v) is 5.12. The van der Waals surface area contributed by atoms with Crippen LogP contribution in [-0.2, 0) is 0 Å². The van der Waals surface area contributed by atoms with Crippen LogP contribution in [0.15, 0.2) is 4.42 Å². The molecule has 0 aliphatic heterocycles. The highest BCUT2D eigenvalue weighted by Gasteiger charge is 2.30. The highest BCUT2D eigenvalue weighted by Crippen LogP contribution is 2.32. The van der Waals surface area contributed by atoms with Crippen LogP contribution in [0.5, 0.6) is 0 Å². The Kier molecular flexibility index (Phi) is 3.66. The van der Waals surface area contributed by atoms with Gasteiger partial charge in [0.1, 0.15) is 0 Å². The van der Waals surface area contributed by atoms with Crippen LogP contribution < -0.4 is 10.6 Å². The molecule has 0 aromatic carbocycles. The van der Waals surface area contributed by atoms with Gasteiger partial charge in [0.05, 0.1) is 6.04 Å². The van der Waals surface area contributed by atoms with E-state index in [-0.39, 0.29) is 11.6 Å². The van der Waals surface area contributed by atoms with Gasteiger partial charge in [0.25, 0.3) is 0 Å². The third-order valence-electron chi connectivity index (χ3n) is 3.44. The summed E-state index contributed by atoms with van der Waals surface area (Å²) < 4.78 is 5.63. The molecule has 0 bridgehead atoms. The molecule has 17 heavy (non-hydrogen) atoms. The summed E-state index contributed by atoms with van der Waals surface area (Å²) in [5, 5.41) is 14.7. The Bertz CT molecular complexity index is 357. The van der Waals surface area contributed by atoms with Crippen LogP contribution in [0.25, 0.3) is 0 Å². The molecule has 5 nitrogen and oxygen atoms in total. The molecule has 1 heterocycles. The molecule has 1 unspecified atom stereocenters. The van der Waals surface area contributed by atoms with Crippen molar-refractivity contribution in [1.29, 1.82) is 0 Å². The van der Waals surface area contributed by atoms with Crippen molar-refractivity contribution < 1.29 is 4.42 Å². The Labute approximate surface area is 102 Å². The molecule has 0 saturated heterocycles. The van der Waals surface area contributed by atoms with Gasteiger partial charge in [-0.2, -0.15) is 0 Å². The maximum atomic E-state index is 5.63. The molecule has 1 saturated carbocycles. The third kappa shape index (κ3) is 2.97. The second-order valence-electron chi connectivity index (χ2n) is 5.12. The van der Waals surface area contributed by atoms with Gasteiger partial charge in [0, 0.05) is 5.54 Å². The first-order valence-corrected chi connectivity index (χ1v) is 6.48. The van der Waals surface area contributed by atoms with Crippen LogP contribution in [0.4, 0.5) is 6.01 Å². The van der Waals surface area contributed by atoms with Gasteiger partial charge in [0.2, 0.25) is 5.89 Å². The molecular formula is C12H22N4O. The zero-order chi connectivity index (χ0) is 12.3. The number of hydrogen-bond donors (Lipinski definition) is 2. The second kappa shape index (κ2) is 5.04. The van der Waals surface area contributed by atoms with Crippen LogP contribution >= 0.6 is 0 Å². The lowest BCUT2D eigenvalue weighted by atomic mass is 10.0. The van der Waals surface area contributed by atoms with Crippen LogP contribution in [0.3, 0.4) is 0 Å². The highest BCUT2D eigenvalue weighted by molar-refractivity contribution is 5.24. The molecule has 5 heteroatoms. The standard InChI is InChI=1S/C12H22N4O/c1-4-13-9(2)10-15-16-11(17-10)14-12(3)7-5-6-8-12/h9,13H,4-8H2,1-3H3,(H,14,16). The van der Waals surface area contributed by atoms with Crippen LogP contribution in [-0.4, -0.2) is 22.3 Å². The van der Waals surface area contributed by atoms with E-state index < -0.39 is 0 Å². The minimum absolute atomic E-state index is 0.111. The molecule has 1 atom stereocenters. The van der Waals surface area contributed by atoms with E-state index in [0.717, 1.165) is 6.54 Å². The van der Waals surface area contributed by atoms with E-state index in [9.17, 15) is 0 Å². The van der Waals surface area contributed by atoms with Crippen molar-refractivity contribution >= 4 is 6.01 Å². The predicted molar refractivity (Wildman–Crippen MR) is 66.9 cm³/mol. The van der Waals surface area contributed by atoms with E-state index in [4.69, 9.17) is 4.42 Å². The van der Waals surface area contributed by atoms with Gasteiger partial charge < -0.3 is 15.1 Å². The summed E-state index contributed by atoms with van der Waals surface area (Å²) in [7, 11) is 0. The van der Waals surface area contributed by atoms with Crippen molar-refractivity contribution in [3.63, 3.8) is 0 Å². The van der Waals surface area contributed by atoms with E-state index in [1.165, 1.54) is 25.7 Å². The van der Waals surface area contributed by atoms with Crippen molar-refractivity contribution in [3.8, 4) is 0 Å². The number of hydrogen-bond acceptors (Lipinski definition) is 5. The predicted octanol–water partition coefficient (Wildman–Crippen LogP) is 2.48. The maximum absolute atomic E-state index is 5.63. The highest BCUT2D eigenvalue weighted by atomic mass is 16.4. The minimum Gasteiger partial charge on any atom is -0.406 e. The monoisotopic (exact) mass is 238 g/mol. The first-order chi connectivity index (χ1) is 8.13. The number of anilines is 1. The average Bonchev–Trinajstić information content (AvgIpc) is 2.89. The summed E-state index contributed by atoms with van der Waals surface area (Å²) in [6.07, 6.45) is 4.90. The summed E-state index contributed by atoms with van der Waals surface area (Å²) >= 11 is 0. The molecule has 96 valence electrons. The van der Waals surface area contributed by atoms with Gasteiger partial charge in [-0.3, -0.25) is 0 Å². The largest absolute Gasteiger partial charge is 0.406 e. The van der Waals surface area contributed by atoms with Gasteiger partial charge in [-0.25, -0.2) is 0 Å². The number of nitrogens with one attached hydrogen (secondary N) is 2. The Balaban J connectivity index is 1.98. The summed E-state index contributed by atoms with van der Waals surface area (Å²) in [5.74, 6) is 0.649. The molecule has 0 radical (unpaired) electrons. The molecule has 1 aliphatic rings. The lowest BCUT2D eigenvalue weighted by molar-refractivity contribution is 0.416. The third-order valence-corrected chi connectivity index (χ3v) is 3.44. The van der Waals surface area contributed by atoms with Gasteiger partial charge >= 0.3 is 6.01 Å². The molecule has 2 N–H and O–H groups in total. The molecule has 1 aromatic heterocycles. The zero-order valence-corrected chi connectivity index (χ0v) is 10.9. The molecule has 0 amide bonds. The van der Waals surface area contributed by atoms with E-state index in [2.05, 4.69) is 34.7 Å². The number of rotatable bonds is 5. The Morgan fingerprint density at radius 2 is 2.06 bits per heavy atom. The van der Waals surface area contributed by atoms with E-state index in [1.54, 1.807) is 0 Å². The smallest absolute Gasteiger partial charge is 0.315 e. The van der Waals surface area contributed by atoms with Crippen molar-refractivity contribution in [2.75, 3.05) is 11.9 Å². The van der Waals surface area contributed by atoms with Crippen molar-refractivity contribution in [2.24, 2.45) is 0 Å². The first kappa shape index (κ1) is 12.4. The number of aromatic nitrogens is 2. The topological polar surface area (TPSA) is 63.0 Å². The van der Waals surface area contributed by atoms with Crippen molar-refractivity contribution in [1.82, 2.24) is 15.5 Å². The van der Waals surface area contributed by atoms with Crippen molar-refractivity contribution in [2.45, 2.75) is 58.0 Å². The fourth-order valence-electron chi connectivity index (χ4n) is 2.39. The molecule has 1 aromatic rings. The minimum atomic E-state index is 0.111. The SMILES string of the molecule is CCNC(C)c1nnc(NC2(C)CCCC2)o1. The van der Waals surface area contributed by atoms with Gasteiger partial charge in [-0.05, 0) is 33.2 Å². The Morgan fingerprint density at radius 3 is 2.71 bits per heavy atom. The van der Waals surface area contributed by atoms with Gasteiger partial charge in [0.15, 0.2) is 0 Å². The maximum Gasteiger partial charge on any atom is 0.315 e. The van der Waals surface area contributed by atoms with E-state index >= 15 is 0 Å². The lowest BCUT2D eigenvalue weighted by Crippen LogP contribution is -2.30. The van der Waals surface area contributed by atoms with E-state index in [1.807, 2.05) is 6.92 Å². The molecule has 2 rings (SSSR count). The first-order valence-electron chi connectivity index (χ1n) is 6.48. The Morgan fingerprint density at radius 1 is 1.35 bits per heavy atom. The molecule has 1 aliphatic carbocycles. The van der Waals surface area contributed by atoms with Crippen LogP contribution in [0.1, 0.15) is 58.4 Å². The van der Waals surface area contributed by atoms with E-state index in [0.29, 0.717) is 11.9 Å². The molecular weight excluding hydrogens is 216 g/mol. The lowest BCUT2D eigenvalue weighted by Gasteiger charge is -2.23. The summed E-state index contributed by atoms with van der Waals surface area (Å²) in [6.45, 7) is 7.20. The van der Waals surface area contributed by atoms with Crippen molar-refractivity contribution in [3.05, 3.63) is 5.89 Å². The fourth-order valence-corrected chi connectivity index (χ4v) is 2.39.